The van der Waals surface area contributed by atoms with E-state index in [9.17, 15) is 4.79 Å². The third kappa shape index (κ3) is 6.51. The van der Waals surface area contributed by atoms with Crippen molar-refractivity contribution in [3.63, 3.8) is 0 Å². The predicted octanol–water partition coefficient (Wildman–Crippen LogP) is 8.31. The molecule has 3 rings (SSSR count). The topological polar surface area (TPSA) is 35.5 Å². The van der Waals surface area contributed by atoms with Crippen LogP contribution in [0.1, 0.15) is 68.3 Å². The number of unbranched alkanes of at least 4 members (excludes halogenated alkanes) is 5. The molecule has 0 aromatic heterocycles. The van der Waals surface area contributed by atoms with Crippen LogP contribution in [0.25, 0.3) is 22.3 Å². The van der Waals surface area contributed by atoms with E-state index in [1.54, 1.807) is 18.2 Å². The van der Waals surface area contributed by atoms with Crippen LogP contribution in [0, 0.1) is 11.6 Å². The van der Waals surface area contributed by atoms with Crippen molar-refractivity contribution < 1.29 is 23.4 Å². The first kappa shape index (κ1) is 25.6. The molecular weight excluding hydrogens is 434 g/mol. The summed E-state index contributed by atoms with van der Waals surface area (Å²) in [7, 11) is 0. The lowest BCUT2D eigenvalue weighted by molar-refractivity contribution is -0.241. The maximum absolute atomic E-state index is 15.7. The highest BCUT2D eigenvalue weighted by Gasteiger charge is 2.24. The molecule has 180 valence electrons. The quantitative estimate of drug-likeness (QED) is 0.153. The maximum atomic E-state index is 15.7. The summed E-state index contributed by atoms with van der Waals surface area (Å²) in [5, 5.41) is 0. The lowest BCUT2D eigenvalue weighted by atomic mass is 9.91. The van der Waals surface area contributed by atoms with E-state index in [0.717, 1.165) is 30.4 Å². The molecule has 0 aliphatic rings. The summed E-state index contributed by atoms with van der Waals surface area (Å²) in [6.45, 7) is 4.34. The molecule has 3 nitrogen and oxygen atoms in total. The van der Waals surface area contributed by atoms with Gasteiger partial charge in [0.1, 0.15) is 11.6 Å². The normalized spacial score (nSPS) is 10.9. The first-order valence-electron chi connectivity index (χ1n) is 12.1. The van der Waals surface area contributed by atoms with Crippen molar-refractivity contribution in [2.75, 3.05) is 6.61 Å². The van der Waals surface area contributed by atoms with Crippen molar-refractivity contribution in [1.29, 1.82) is 0 Å². The van der Waals surface area contributed by atoms with E-state index in [-0.39, 0.29) is 23.3 Å². The van der Waals surface area contributed by atoms with Crippen LogP contribution < -0.4 is 0 Å². The maximum Gasteiger partial charge on any atom is 0.376 e. The average Bonchev–Trinajstić information content (AvgIpc) is 2.86. The van der Waals surface area contributed by atoms with Gasteiger partial charge in [-0.3, -0.25) is 4.89 Å². The molecule has 0 unspecified atom stereocenters. The molecule has 34 heavy (non-hydrogen) atoms. The Morgan fingerprint density at radius 1 is 0.824 bits per heavy atom. The number of hydrogen-bond acceptors (Lipinski definition) is 3. The lowest BCUT2D eigenvalue weighted by Gasteiger charge is -2.15. The molecule has 3 aromatic carbocycles. The van der Waals surface area contributed by atoms with Crippen molar-refractivity contribution in [3.05, 3.63) is 83.4 Å². The third-order valence-corrected chi connectivity index (χ3v) is 5.87. The predicted molar refractivity (Wildman–Crippen MR) is 131 cm³/mol. The molecule has 0 saturated heterocycles. The third-order valence-electron chi connectivity index (χ3n) is 5.87. The summed E-state index contributed by atoms with van der Waals surface area (Å²) < 4.78 is 30.8. The molecule has 0 atom stereocenters. The molecule has 0 bridgehead atoms. The summed E-state index contributed by atoms with van der Waals surface area (Å²) >= 11 is 0. The van der Waals surface area contributed by atoms with E-state index in [1.807, 2.05) is 37.3 Å². The zero-order chi connectivity index (χ0) is 24.3. The minimum Gasteiger partial charge on any atom is -0.293 e. The van der Waals surface area contributed by atoms with Gasteiger partial charge in [0, 0.05) is 11.1 Å². The highest BCUT2D eigenvalue weighted by molar-refractivity contribution is 5.95. The van der Waals surface area contributed by atoms with Crippen molar-refractivity contribution >= 4 is 5.97 Å². The molecule has 0 N–H and O–H groups in total. The fraction of sp³-hybridized carbons (Fsp3) is 0.345. The highest BCUT2D eigenvalue weighted by atomic mass is 19.1. The molecule has 0 aliphatic carbocycles. The molecule has 0 heterocycles. The number of rotatable bonds is 12. The van der Waals surface area contributed by atoms with Crippen molar-refractivity contribution in [2.45, 2.75) is 58.8 Å². The first-order chi connectivity index (χ1) is 16.6. The number of aryl methyl sites for hydroxylation is 1. The Kier molecular flexibility index (Phi) is 9.77. The molecule has 0 aliphatic heterocycles. The first-order valence-corrected chi connectivity index (χ1v) is 12.1. The Labute approximate surface area is 200 Å². The summed E-state index contributed by atoms with van der Waals surface area (Å²) in [4.78, 5) is 22.5. The van der Waals surface area contributed by atoms with Gasteiger partial charge in [0.25, 0.3) is 0 Å². The Balaban J connectivity index is 1.83. The van der Waals surface area contributed by atoms with Gasteiger partial charge in [0.2, 0.25) is 0 Å². The second-order valence-electron chi connectivity index (χ2n) is 8.34. The highest BCUT2D eigenvalue weighted by Crippen LogP contribution is 2.37. The molecule has 0 saturated carbocycles. The van der Waals surface area contributed by atoms with E-state index < -0.39 is 17.6 Å². The summed E-state index contributed by atoms with van der Waals surface area (Å²) in [6.07, 6.45) is 7.06. The van der Waals surface area contributed by atoms with Crippen LogP contribution in [0.3, 0.4) is 0 Å². The molecule has 0 amide bonds. The molecule has 3 aromatic rings. The molecule has 0 spiro atoms. The number of carbonyl (C=O) groups excluding carboxylic acids is 1. The largest absolute Gasteiger partial charge is 0.376 e. The van der Waals surface area contributed by atoms with Crippen LogP contribution in [0.5, 0.6) is 0 Å². The van der Waals surface area contributed by atoms with Gasteiger partial charge in [-0.05, 0) is 41.7 Å². The molecule has 5 heteroatoms. The number of hydrogen-bond donors (Lipinski definition) is 0. The van der Waals surface area contributed by atoms with E-state index in [0.29, 0.717) is 12.0 Å². The molecular formula is C29H32F2O3. The van der Waals surface area contributed by atoms with E-state index in [1.165, 1.54) is 31.4 Å². The summed E-state index contributed by atoms with van der Waals surface area (Å²) in [6, 6.07) is 16.8. The minimum absolute atomic E-state index is 0.0247. The van der Waals surface area contributed by atoms with Crippen molar-refractivity contribution in [2.24, 2.45) is 0 Å². The van der Waals surface area contributed by atoms with Crippen LogP contribution in [-0.4, -0.2) is 12.6 Å². The van der Waals surface area contributed by atoms with Gasteiger partial charge in [-0.25, -0.2) is 13.6 Å². The number of benzene rings is 3. The zero-order valence-electron chi connectivity index (χ0n) is 19.9. The minimum atomic E-state index is -0.935. The van der Waals surface area contributed by atoms with Crippen LogP contribution >= 0.6 is 0 Å². The van der Waals surface area contributed by atoms with Gasteiger partial charge in [0.05, 0.1) is 12.2 Å². The fourth-order valence-corrected chi connectivity index (χ4v) is 3.92. The SMILES string of the molecule is CCCCCCCCOOC(=O)c1ccc(-c2ccccc2)c(-c2ccc(CC)cc2F)c1F. The number of halogens is 2. The Morgan fingerprint density at radius 2 is 1.53 bits per heavy atom. The lowest BCUT2D eigenvalue weighted by Crippen LogP contribution is -2.10. The van der Waals surface area contributed by atoms with E-state index in [2.05, 4.69) is 6.92 Å². The van der Waals surface area contributed by atoms with Gasteiger partial charge in [-0.2, -0.15) is 4.89 Å². The Morgan fingerprint density at radius 3 is 2.24 bits per heavy atom. The van der Waals surface area contributed by atoms with E-state index in [4.69, 9.17) is 9.78 Å². The summed E-state index contributed by atoms with van der Waals surface area (Å²) in [5.41, 5.74) is 1.84. The molecule has 0 radical (unpaired) electrons. The van der Waals surface area contributed by atoms with Crippen LogP contribution in [0.15, 0.2) is 60.7 Å². The van der Waals surface area contributed by atoms with Crippen LogP contribution in [-0.2, 0) is 16.2 Å². The van der Waals surface area contributed by atoms with Gasteiger partial charge in [-0.1, -0.05) is 94.5 Å². The van der Waals surface area contributed by atoms with E-state index >= 15 is 8.78 Å². The Bertz CT molecular complexity index is 1080. The van der Waals surface area contributed by atoms with Crippen molar-refractivity contribution in [1.82, 2.24) is 0 Å². The monoisotopic (exact) mass is 466 g/mol. The summed E-state index contributed by atoms with van der Waals surface area (Å²) in [5.74, 6) is -2.31. The Hall–Kier alpha value is -3.05. The average molecular weight is 467 g/mol. The van der Waals surface area contributed by atoms with Crippen LogP contribution in [0.4, 0.5) is 8.78 Å². The van der Waals surface area contributed by atoms with Crippen LogP contribution in [0.2, 0.25) is 0 Å². The van der Waals surface area contributed by atoms with Gasteiger partial charge in [-0.15, -0.1) is 0 Å². The second kappa shape index (κ2) is 13.0. The van der Waals surface area contributed by atoms with Gasteiger partial charge < -0.3 is 0 Å². The smallest absolute Gasteiger partial charge is 0.293 e. The fourth-order valence-electron chi connectivity index (χ4n) is 3.92. The second-order valence-corrected chi connectivity index (χ2v) is 8.34. The zero-order valence-corrected chi connectivity index (χ0v) is 19.9. The van der Waals surface area contributed by atoms with Gasteiger partial charge in [0.15, 0.2) is 0 Å². The standard InChI is InChI=1S/C29H32F2O3/c1-3-5-6-7-8-12-19-33-34-29(32)25-18-17-23(22-13-10-9-11-14-22)27(28(25)31)24-16-15-21(4-2)20-26(24)30/h9-11,13-18,20H,3-8,12,19H2,1-2H3. The van der Waals surface area contributed by atoms with Crippen molar-refractivity contribution in [3.8, 4) is 22.3 Å². The molecule has 0 fully saturated rings. The van der Waals surface area contributed by atoms with Gasteiger partial charge >= 0.3 is 5.97 Å². The number of carbonyl (C=O) groups is 1.